The number of carbonyl (C=O) groups is 3. The molecule has 1 aromatic rings. The van der Waals surface area contributed by atoms with Crippen LogP contribution in [0.25, 0.3) is 0 Å². The molecule has 2 rings (SSSR count). The highest BCUT2D eigenvalue weighted by Gasteiger charge is 2.32. The SMILES string of the molecule is C=C(C(C)=C(C)Cl)N1CN(C(=O)CNC(=O)c2cccc(Cl)c2)CC1=O. The molecule has 26 heavy (non-hydrogen) atoms. The van der Waals surface area contributed by atoms with Crippen molar-refractivity contribution in [2.45, 2.75) is 13.8 Å². The maximum absolute atomic E-state index is 12.3. The van der Waals surface area contributed by atoms with Crippen LogP contribution in [0.3, 0.4) is 0 Å². The Bertz CT molecular complexity index is 801. The Hall–Kier alpha value is -2.31. The summed E-state index contributed by atoms with van der Waals surface area (Å²) in [5.74, 6) is -1.03. The summed E-state index contributed by atoms with van der Waals surface area (Å²) in [4.78, 5) is 39.3. The van der Waals surface area contributed by atoms with Gasteiger partial charge in [0.15, 0.2) is 0 Å². The van der Waals surface area contributed by atoms with Crippen LogP contribution in [0.15, 0.2) is 47.1 Å². The lowest BCUT2D eigenvalue weighted by molar-refractivity contribution is -0.130. The van der Waals surface area contributed by atoms with Crippen LogP contribution in [0.5, 0.6) is 0 Å². The Morgan fingerprint density at radius 1 is 1.31 bits per heavy atom. The Labute approximate surface area is 162 Å². The first kappa shape index (κ1) is 20.0. The van der Waals surface area contributed by atoms with E-state index in [1.807, 2.05) is 0 Å². The second kappa shape index (κ2) is 8.38. The van der Waals surface area contributed by atoms with Gasteiger partial charge in [-0.2, -0.15) is 0 Å². The molecule has 0 bridgehead atoms. The second-order valence-corrected chi connectivity index (χ2v) is 6.86. The Kier molecular flexibility index (Phi) is 6.45. The normalized spacial score (nSPS) is 15.0. The van der Waals surface area contributed by atoms with Gasteiger partial charge >= 0.3 is 0 Å². The zero-order chi connectivity index (χ0) is 19.4. The molecular formula is C18H19Cl2N3O3. The first-order chi connectivity index (χ1) is 12.2. The number of benzene rings is 1. The van der Waals surface area contributed by atoms with Gasteiger partial charge < -0.3 is 10.2 Å². The summed E-state index contributed by atoms with van der Waals surface area (Å²) in [6.45, 7) is 7.11. The molecule has 1 heterocycles. The minimum atomic E-state index is -0.413. The van der Waals surface area contributed by atoms with Crippen LogP contribution in [0.4, 0.5) is 0 Å². The van der Waals surface area contributed by atoms with E-state index in [0.29, 0.717) is 26.9 Å². The lowest BCUT2D eigenvalue weighted by Crippen LogP contribution is -2.39. The third-order valence-electron chi connectivity index (χ3n) is 4.05. The van der Waals surface area contributed by atoms with Gasteiger partial charge in [-0.05, 0) is 37.6 Å². The molecule has 0 radical (unpaired) electrons. The third kappa shape index (κ3) is 4.65. The summed E-state index contributed by atoms with van der Waals surface area (Å²) in [5, 5.41) is 3.49. The first-order valence-electron chi connectivity index (χ1n) is 7.85. The van der Waals surface area contributed by atoms with Crippen molar-refractivity contribution in [1.82, 2.24) is 15.1 Å². The van der Waals surface area contributed by atoms with Gasteiger partial charge in [0.2, 0.25) is 11.8 Å². The highest BCUT2D eigenvalue weighted by molar-refractivity contribution is 6.31. The number of hydrogen-bond donors (Lipinski definition) is 1. The number of halogens is 2. The average Bonchev–Trinajstić information content (AvgIpc) is 2.99. The van der Waals surface area contributed by atoms with Crippen molar-refractivity contribution in [3.05, 3.63) is 57.7 Å². The molecule has 0 aromatic heterocycles. The molecule has 0 aliphatic carbocycles. The van der Waals surface area contributed by atoms with E-state index in [0.717, 1.165) is 0 Å². The average molecular weight is 396 g/mol. The van der Waals surface area contributed by atoms with Gasteiger partial charge in [0, 0.05) is 21.3 Å². The van der Waals surface area contributed by atoms with Crippen LogP contribution < -0.4 is 5.32 Å². The molecular weight excluding hydrogens is 377 g/mol. The monoisotopic (exact) mass is 395 g/mol. The van der Waals surface area contributed by atoms with Crippen molar-refractivity contribution in [2.75, 3.05) is 19.8 Å². The number of nitrogens with zero attached hydrogens (tertiary/aromatic N) is 2. The van der Waals surface area contributed by atoms with E-state index in [1.165, 1.54) is 15.9 Å². The van der Waals surface area contributed by atoms with Crippen LogP contribution in [0.2, 0.25) is 5.02 Å². The Balaban J connectivity index is 1.95. The van der Waals surface area contributed by atoms with E-state index in [-0.39, 0.29) is 31.6 Å². The zero-order valence-corrected chi connectivity index (χ0v) is 16.0. The number of carbonyl (C=O) groups excluding carboxylic acids is 3. The van der Waals surface area contributed by atoms with Gasteiger partial charge in [-0.15, -0.1) is 0 Å². The molecule has 0 spiro atoms. The largest absolute Gasteiger partial charge is 0.343 e. The summed E-state index contributed by atoms with van der Waals surface area (Å²) in [5.41, 5.74) is 1.50. The maximum Gasteiger partial charge on any atom is 0.251 e. The van der Waals surface area contributed by atoms with Crippen molar-refractivity contribution < 1.29 is 14.4 Å². The molecule has 8 heteroatoms. The molecule has 1 aliphatic heterocycles. The number of amides is 3. The minimum absolute atomic E-state index is 0.0699. The van der Waals surface area contributed by atoms with Crippen LogP contribution in [-0.2, 0) is 9.59 Å². The summed E-state index contributed by atoms with van der Waals surface area (Å²) < 4.78 is 0. The van der Waals surface area contributed by atoms with Gasteiger partial charge in [-0.25, -0.2) is 0 Å². The Morgan fingerprint density at radius 2 is 2.00 bits per heavy atom. The smallest absolute Gasteiger partial charge is 0.251 e. The van der Waals surface area contributed by atoms with Crippen LogP contribution in [-0.4, -0.2) is 47.3 Å². The fourth-order valence-electron chi connectivity index (χ4n) is 2.35. The standard InChI is InChI=1S/C18H19Cl2N3O3/c1-11(12(2)19)13(3)23-10-22(9-17(23)25)16(24)8-21-18(26)14-5-4-6-15(20)7-14/h4-7H,3,8-10H2,1-2H3,(H,21,26). The first-order valence-corrected chi connectivity index (χ1v) is 8.60. The molecule has 6 nitrogen and oxygen atoms in total. The van der Waals surface area contributed by atoms with Crippen LogP contribution >= 0.6 is 23.2 Å². The molecule has 0 atom stereocenters. The number of hydrogen-bond acceptors (Lipinski definition) is 3. The van der Waals surface area contributed by atoms with Crippen LogP contribution in [0.1, 0.15) is 24.2 Å². The molecule has 0 unspecified atom stereocenters. The van der Waals surface area contributed by atoms with E-state index >= 15 is 0 Å². The molecule has 1 aliphatic rings. The highest BCUT2D eigenvalue weighted by atomic mass is 35.5. The van der Waals surface area contributed by atoms with E-state index < -0.39 is 5.91 Å². The molecule has 1 aromatic carbocycles. The molecule has 1 N–H and O–H groups in total. The lowest BCUT2D eigenvalue weighted by atomic mass is 10.2. The number of allylic oxidation sites excluding steroid dienone is 2. The molecule has 3 amide bonds. The third-order valence-corrected chi connectivity index (χ3v) is 4.57. The predicted octanol–water partition coefficient (Wildman–Crippen LogP) is 2.74. The minimum Gasteiger partial charge on any atom is -0.343 e. The summed E-state index contributed by atoms with van der Waals surface area (Å²) in [6, 6.07) is 6.41. The van der Waals surface area contributed by atoms with E-state index in [1.54, 1.807) is 32.0 Å². The van der Waals surface area contributed by atoms with Gasteiger partial charge in [0.25, 0.3) is 5.91 Å². The van der Waals surface area contributed by atoms with Gasteiger partial charge in [0.05, 0.1) is 6.54 Å². The van der Waals surface area contributed by atoms with E-state index in [4.69, 9.17) is 23.2 Å². The molecule has 1 fully saturated rings. The van der Waals surface area contributed by atoms with Crippen LogP contribution in [0, 0.1) is 0 Å². The lowest BCUT2D eigenvalue weighted by Gasteiger charge is -2.21. The van der Waals surface area contributed by atoms with E-state index in [9.17, 15) is 14.4 Å². The topological polar surface area (TPSA) is 69.7 Å². The van der Waals surface area contributed by atoms with Crippen molar-refractivity contribution >= 4 is 40.9 Å². The Morgan fingerprint density at radius 3 is 2.62 bits per heavy atom. The van der Waals surface area contributed by atoms with Crippen molar-refractivity contribution in [3.63, 3.8) is 0 Å². The highest BCUT2D eigenvalue weighted by Crippen LogP contribution is 2.22. The van der Waals surface area contributed by atoms with Crippen molar-refractivity contribution in [3.8, 4) is 0 Å². The molecule has 0 saturated carbocycles. The summed E-state index contributed by atoms with van der Waals surface area (Å²) in [7, 11) is 0. The number of rotatable bonds is 5. The quantitative estimate of drug-likeness (QED) is 0.779. The number of nitrogens with one attached hydrogen (secondary N) is 1. The van der Waals surface area contributed by atoms with Gasteiger partial charge in [-0.1, -0.05) is 35.8 Å². The summed E-state index contributed by atoms with van der Waals surface area (Å²) >= 11 is 11.8. The maximum atomic E-state index is 12.3. The molecule has 1 saturated heterocycles. The van der Waals surface area contributed by atoms with Crippen molar-refractivity contribution in [2.24, 2.45) is 0 Å². The van der Waals surface area contributed by atoms with Crippen molar-refractivity contribution in [1.29, 1.82) is 0 Å². The summed E-state index contributed by atoms with van der Waals surface area (Å²) in [6.07, 6.45) is 0. The fraction of sp³-hybridized carbons (Fsp3) is 0.278. The molecule has 138 valence electrons. The second-order valence-electron chi connectivity index (χ2n) is 5.85. The van der Waals surface area contributed by atoms with Gasteiger partial charge in [-0.3, -0.25) is 19.3 Å². The predicted molar refractivity (Wildman–Crippen MR) is 101 cm³/mol. The van der Waals surface area contributed by atoms with Gasteiger partial charge in [0.1, 0.15) is 13.2 Å². The van der Waals surface area contributed by atoms with E-state index in [2.05, 4.69) is 11.9 Å². The zero-order valence-electron chi connectivity index (χ0n) is 14.5. The fourth-order valence-corrected chi connectivity index (χ4v) is 2.65.